The van der Waals surface area contributed by atoms with Gasteiger partial charge in [-0.2, -0.15) is 0 Å². The molecule has 5 nitrogen and oxygen atoms in total. The number of ketones is 1. The number of halogens is 1. The maximum atomic E-state index is 13.2. The molecule has 0 aliphatic carbocycles. The van der Waals surface area contributed by atoms with Crippen molar-refractivity contribution in [3.8, 4) is 0 Å². The van der Waals surface area contributed by atoms with Gasteiger partial charge in [0, 0.05) is 10.6 Å². The lowest BCUT2D eigenvalue weighted by molar-refractivity contribution is 0.0971. The number of carbonyl (C=O) groups is 1. The van der Waals surface area contributed by atoms with Crippen LogP contribution in [0, 0.1) is 6.92 Å². The van der Waals surface area contributed by atoms with Crippen LogP contribution in [0.2, 0.25) is 5.02 Å². The van der Waals surface area contributed by atoms with Crippen LogP contribution < -0.4 is 11.2 Å². The van der Waals surface area contributed by atoms with E-state index in [1.807, 2.05) is 31.2 Å². The molecule has 0 saturated carbocycles. The monoisotopic (exact) mass is 424 g/mol. The molecule has 4 aromatic rings. The highest BCUT2D eigenvalue weighted by Crippen LogP contribution is 2.17. The van der Waals surface area contributed by atoms with Crippen molar-refractivity contribution in [3.63, 3.8) is 0 Å². The molecule has 0 unspecified atom stereocenters. The standard InChI is InChI=1S/C22H17ClN2O3S/c1-14-2-4-15(5-3-14)12-25-21(27)20-18(10-11-29-20)24(22(25)28)13-19(26)16-6-8-17(23)9-7-16/h2-11H,12-13H2,1H3. The summed E-state index contributed by atoms with van der Waals surface area (Å²) < 4.78 is 3.03. The second kappa shape index (κ2) is 7.81. The average molecular weight is 425 g/mol. The normalized spacial score (nSPS) is 11.1. The molecule has 0 N–H and O–H groups in total. The maximum Gasteiger partial charge on any atom is 0.332 e. The summed E-state index contributed by atoms with van der Waals surface area (Å²) in [5.41, 5.74) is 2.05. The van der Waals surface area contributed by atoms with Gasteiger partial charge in [0.25, 0.3) is 5.56 Å². The fourth-order valence-corrected chi connectivity index (χ4v) is 4.14. The van der Waals surface area contributed by atoms with Crippen molar-refractivity contribution < 1.29 is 4.79 Å². The largest absolute Gasteiger partial charge is 0.332 e. The number of hydrogen-bond acceptors (Lipinski definition) is 4. The summed E-state index contributed by atoms with van der Waals surface area (Å²) in [6.45, 7) is 1.98. The third kappa shape index (κ3) is 3.81. The van der Waals surface area contributed by atoms with Crippen LogP contribution in [0.3, 0.4) is 0 Å². The molecule has 29 heavy (non-hydrogen) atoms. The summed E-state index contributed by atoms with van der Waals surface area (Å²) in [7, 11) is 0. The Hall–Kier alpha value is -2.96. The van der Waals surface area contributed by atoms with Crippen molar-refractivity contribution in [3.05, 3.63) is 103 Å². The van der Waals surface area contributed by atoms with Crippen molar-refractivity contribution in [1.29, 1.82) is 0 Å². The maximum absolute atomic E-state index is 13.2. The van der Waals surface area contributed by atoms with Gasteiger partial charge < -0.3 is 0 Å². The lowest BCUT2D eigenvalue weighted by Gasteiger charge is -2.12. The number of nitrogens with zero attached hydrogens (tertiary/aromatic N) is 2. The second-order valence-electron chi connectivity index (χ2n) is 6.81. The summed E-state index contributed by atoms with van der Waals surface area (Å²) >= 11 is 7.15. The Balaban J connectivity index is 1.79. The molecule has 146 valence electrons. The molecule has 0 radical (unpaired) electrons. The van der Waals surface area contributed by atoms with Gasteiger partial charge in [-0.15, -0.1) is 11.3 Å². The molecular weight excluding hydrogens is 408 g/mol. The highest BCUT2D eigenvalue weighted by molar-refractivity contribution is 7.17. The predicted molar refractivity (Wildman–Crippen MR) is 116 cm³/mol. The number of benzene rings is 2. The summed E-state index contributed by atoms with van der Waals surface area (Å²) in [6.07, 6.45) is 0. The molecule has 0 bridgehead atoms. The van der Waals surface area contributed by atoms with Crippen LogP contribution in [0.15, 0.2) is 69.6 Å². The van der Waals surface area contributed by atoms with Crippen LogP contribution >= 0.6 is 22.9 Å². The van der Waals surface area contributed by atoms with Gasteiger partial charge in [0.15, 0.2) is 5.78 Å². The van der Waals surface area contributed by atoms with Crippen LogP contribution in [-0.2, 0) is 13.1 Å². The van der Waals surface area contributed by atoms with Crippen LogP contribution in [0.1, 0.15) is 21.5 Å². The minimum absolute atomic E-state index is 0.151. The molecule has 0 spiro atoms. The lowest BCUT2D eigenvalue weighted by Crippen LogP contribution is -2.40. The van der Waals surface area contributed by atoms with Crippen molar-refractivity contribution in [2.75, 3.05) is 0 Å². The molecule has 0 aliphatic rings. The fourth-order valence-electron chi connectivity index (χ4n) is 3.17. The summed E-state index contributed by atoms with van der Waals surface area (Å²) in [6, 6.07) is 15.9. The smallest absolute Gasteiger partial charge is 0.292 e. The molecule has 0 aliphatic heterocycles. The van der Waals surface area contributed by atoms with Gasteiger partial charge in [-0.1, -0.05) is 41.4 Å². The first-order chi connectivity index (χ1) is 13.9. The van der Waals surface area contributed by atoms with E-state index in [9.17, 15) is 14.4 Å². The Morgan fingerprint density at radius 1 is 0.966 bits per heavy atom. The molecule has 0 amide bonds. The Labute approximate surface area is 175 Å². The van der Waals surface area contributed by atoms with Gasteiger partial charge in [-0.25, -0.2) is 4.79 Å². The van der Waals surface area contributed by atoms with E-state index < -0.39 is 5.69 Å². The third-order valence-corrected chi connectivity index (χ3v) is 5.91. The topological polar surface area (TPSA) is 61.1 Å². The fraction of sp³-hybridized carbons (Fsp3) is 0.136. The van der Waals surface area contributed by atoms with E-state index >= 15 is 0 Å². The number of rotatable bonds is 5. The van der Waals surface area contributed by atoms with E-state index in [1.165, 1.54) is 20.5 Å². The van der Waals surface area contributed by atoms with Gasteiger partial charge in [0.1, 0.15) is 4.70 Å². The number of fused-ring (bicyclic) bond motifs is 1. The Morgan fingerprint density at radius 2 is 1.66 bits per heavy atom. The van der Waals surface area contributed by atoms with E-state index in [0.29, 0.717) is 20.8 Å². The first-order valence-electron chi connectivity index (χ1n) is 8.99. The Morgan fingerprint density at radius 3 is 2.34 bits per heavy atom. The average Bonchev–Trinajstić information content (AvgIpc) is 3.20. The second-order valence-corrected chi connectivity index (χ2v) is 8.16. The summed E-state index contributed by atoms with van der Waals surface area (Å²) in [4.78, 5) is 38.8. The number of aromatic nitrogens is 2. The van der Waals surface area contributed by atoms with Crippen molar-refractivity contribution in [2.45, 2.75) is 20.0 Å². The molecule has 0 fully saturated rings. The summed E-state index contributed by atoms with van der Waals surface area (Å²) in [5, 5.41) is 2.29. The zero-order chi connectivity index (χ0) is 20.5. The SMILES string of the molecule is Cc1ccc(Cn2c(=O)c3sccc3n(CC(=O)c3ccc(Cl)cc3)c2=O)cc1. The van der Waals surface area contributed by atoms with Crippen LogP contribution in [0.5, 0.6) is 0 Å². The minimum Gasteiger partial charge on any atom is -0.292 e. The Kier molecular flexibility index (Phi) is 5.22. The van der Waals surface area contributed by atoms with E-state index in [0.717, 1.165) is 11.1 Å². The van der Waals surface area contributed by atoms with Crippen LogP contribution in [0.25, 0.3) is 10.2 Å². The van der Waals surface area contributed by atoms with E-state index in [2.05, 4.69) is 0 Å². The van der Waals surface area contributed by atoms with Gasteiger partial charge in [0.2, 0.25) is 0 Å². The van der Waals surface area contributed by atoms with Crippen LogP contribution in [-0.4, -0.2) is 14.9 Å². The van der Waals surface area contributed by atoms with Crippen molar-refractivity contribution in [2.24, 2.45) is 0 Å². The molecule has 0 atom stereocenters. The quantitative estimate of drug-likeness (QED) is 0.453. The minimum atomic E-state index is -0.496. The Bertz CT molecular complexity index is 1320. The molecule has 4 rings (SSSR count). The molecule has 2 aromatic carbocycles. The zero-order valence-electron chi connectivity index (χ0n) is 15.6. The molecule has 0 saturated heterocycles. The zero-order valence-corrected chi connectivity index (χ0v) is 17.2. The van der Waals surface area contributed by atoms with Crippen LogP contribution in [0.4, 0.5) is 0 Å². The summed E-state index contributed by atoms with van der Waals surface area (Å²) in [5.74, 6) is -0.225. The molecule has 2 aromatic heterocycles. The molecule has 7 heteroatoms. The lowest BCUT2D eigenvalue weighted by atomic mass is 10.1. The van der Waals surface area contributed by atoms with Gasteiger partial charge in [-0.3, -0.25) is 18.7 Å². The highest BCUT2D eigenvalue weighted by Gasteiger charge is 2.17. The number of hydrogen-bond donors (Lipinski definition) is 0. The first-order valence-corrected chi connectivity index (χ1v) is 10.2. The number of Topliss-reactive ketones (excluding diaryl/α,β-unsaturated/α-hetero) is 1. The van der Waals surface area contributed by atoms with E-state index in [-0.39, 0.29) is 24.4 Å². The van der Waals surface area contributed by atoms with E-state index in [1.54, 1.807) is 35.7 Å². The number of aryl methyl sites for hydroxylation is 1. The van der Waals surface area contributed by atoms with Gasteiger partial charge in [0.05, 0.1) is 18.6 Å². The predicted octanol–water partition coefficient (Wildman–Crippen LogP) is 4.12. The van der Waals surface area contributed by atoms with Crippen molar-refractivity contribution >= 4 is 38.9 Å². The van der Waals surface area contributed by atoms with Gasteiger partial charge >= 0.3 is 5.69 Å². The highest BCUT2D eigenvalue weighted by atomic mass is 35.5. The van der Waals surface area contributed by atoms with E-state index in [4.69, 9.17) is 11.6 Å². The first kappa shape index (κ1) is 19.4. The third-order valence-electron chi connectivity index (χ3n) is 4.77. The van der Waals surface area contributed by atoms with Gasteiger partial charge in [-0.05, 0) is 48.2 Å². The molecule has 2 heterocycles. The molecular formula is C22H17ClN2O3S. The van der Waals surface area contributed by atoms with Crippen molar-refractivity contribution in [1.82, 2.24) is 9.13 Å². The number of thiophene rings is 1. The number of carbonyl (C=O) groups excluding carboxylic acids is 1.